The molecule has 2 aromatic rings. The quantitative estimate of drug-likeness (QED) is 0.508. The first-order valence-corrected chi connectivity index (χ1v) is 10.7. The van der Waals surface area contributed by atoms with Crippen molar-refractivity contribution in [3.8, 4) is 0 Å². The summed E-state index contributed by atoms with van der Waals surface area (Å²) < 4.78 is 6.32. The minimum atomic E-state index is -0.333. The summed E-state index contributed by atoms with van der Waals surface area (Å²) in [6.45, 7) is 8.53. The molecule has 1 fully saturated rings. The van der Waals surface area contributed by atoms with Crippen molar-refractivity contribution in [2.45, 2.75) is 56.2 Å². The van der Waals surface area contributed by atoms with Gasteiger partial charge in [0, 0.05) is 24.4 Å². The summed E-state index contributed by atoms with van der Waals surface area (Å²) in [5.41, 5.74) is 2.55. The van der Waals surface area contributed by atoms with Crippen LogP contribution in [-0.2, 0) is 4.74 Å². The Morgan fingerprint density at radius 1 is 1.41 bits per heavy atom. The highest BCUT2D eigenvalue weighted by molar-refractivity contribution is 8.02. The van der Waals surface area contributed by atoms with Crippen molar-refractivity contribution < 1.29 is 14.3 Å². The Morgan fingerprint density at radius 3 is 2.81 bits per heavy atom. The number of nitrogens with one attached hydrogen (secondary N) is 2. The number of Topliss-reactive ketones (excluding diaryl/α,β-unsaturated/α-hetero) is 2. The molecule has 3 rings (SSSR count). The van der Waals surface area contributed by atoms with Crippen LogP contribution in [0.2, 0.25) is 0 Å². The van der Waals surface area contributed by atoms with E-state index >= 15 is 0 Å². The Balaban J connectivity index is 1.61. The Morgan fingerprint density at radius 2 is 2.19 bits per heavy atom. The summed E-state index contributed by atoms with van der Waals surface area (Å²) >= 11 is 2.81. The smallest absolute Gasteiger partial charge is 0.206 e. The summed E-state index contributed by atoms with van der Waals surface area (Å²) in [5, 5.41) is 12.0. The number of ketones is 2. The van der Waals surface area contributed by atoms with Crippen molar-refractivity contribution in [1.82, 2.24) is 15.2 Å². The molecule has 9 heteroatoms. The van der Waals surface area contributed by atoms with Crippen molar-refractivity contribution in [2.75, 3.05) is 18.5 Å². The third-order valence-corrected chi connectivity index (χ3v) is 6.66. The second kappa shape index (κ2) is 8.53. The van der Waals surface area contributed by atoms with E-state index in [4.69, 9.17) is 4.74 Å². The molecule has 2 N–H and O–H groups in total. The summed E-state index contributed by atoms with van der Waals surface area (Å²) in [4.78, 5) is 27.7. The topological polar surface area (TPSA) is 97.0 Å². The maximum absolute atomic E-state index is 12.8. The van der Waals surface area contributed by atoms with Crippen LogP contribution >= 0.6 is 23.1 Å². The third-order valence-electron chi connectivity index (χ3n) is 4.59. The molecule has 1 aliphatic rings. The van der Waals surface area contributed by atoms with Gasteiger partial charge in [0.15, 0.2) is 15.9 Å². The molecule has 0 unspecified atom stereocenters. The van der Waals surface area contributed by atoms with Gasteiger partial charge in [0.2, 0.25) is 5.13 Å². The average molecular weight is 409 g/mol. The summed E-state index contributed by atoms with van der Waals surface area (Å²) in [5.74, 6) is -0.0798. The van der Waals surface area contributed by atoms with Gasteiger partial charge in [-0.05, 0) is 46.1 Å². The number of thioether (sulfide) groups is 1. The van der Waals surface area contributed by atoms with Gasteiger partial charge in [0.25, 0.3) is 0 Å². The molecule has 0 spiro atoms. The zero-order valence-electron chi connectivity index (χ0n) is 15.9. The minimum absolute atomic E-state index is 0.0355. The van der Waals surface area contributed by atoms with Gasteiger partial charge in [-0.15, -0.1) is 10.2 Å². The first-order valence-electron chi connectivity index (χ1n) is 8.96. The fourth-order valence-electron chi connectivity index (χ4n) is 3.27. The van der Waals surface area contributed by atoms with E-state index < -0.39 is 0 Å². The molecule has 0 aliphatic carbocycles. The number of hydrogen-bond donors (Lipinski definition) is 2. The number of rotatable bonds is 8. The molecule has 7 nitrogen and oxygen atoms in total. The SMILES string of the molecule is CC(=O)c1c(C)[nH]c(C(=O)[C@H](C)Sc2nnc(NC[C@H]3CCCO3)s2)c1C. The predicted molar refractivity (Wildman–Crippen MR) is 107 cm³/mol. The van der Waals surface area contributed by atoms with E-state index in [1.165, 1.54) is 30.0 Å². The molecule has 2 atom stereocenters. The number of anilines is 1. The monoisotopic (exact) mass is 408 g/mol. The lowest BCUT2D eigenvalue weighted by Gasteiger charge is -2.09. The van der Waals surface area contributed by atoms with Gasteiger partial charge in [0.05, 0.1) is 17.0 Å². The second-order valence-corrected chi connectivity index (χ2v) is 9.26. The molecule has 3 heterocycles. The summed E-state index contributed by atoms with van der Waals surface area (Å²) in [6, 6.07) is 0. The first kappa shape index (κ1) is 20.0. The number of hydrogen-bond acceptors (Lipinski definition) is 8. The molecule has 0 aromatic carbocycles. The number of carbonyl (C=O) groups is 2. The highest BCUT2D eigenvalue weighted by Crippen LogP contribution is 2.31. The van der Waals surface area contributed by atoms with Crippen LogP contribution in [0.4, 0.5) is 5.13 Å². The van der Waals surface area contributed by atoms with Crippen molar-refractivity contribution in [2.24, 2.45) is 0 Å². The number of aromatic nitrogens is 3. The van der Waals surface area contributed by atoms with Crippen LogP contribution < -0.4 is 5.32 Å². The number of ether oxygens (including phenoxy) is 1. The molecule has 1 saturated heterocycles. The zero-order valence-corrected chi connectivity index (χ0v) is 17.6. The maximum Gasteiger partial charge on any atom is 0.206 e. The molecule has 0 saturated carbocycles. The van der Waals surface area contributed by atoms with Crippen LogP contribution in [0.25, 0.3) is 0 Å². The fraction of sp³-hybridized carbons (Fsp3) is 0.556. The lowest BCUT2D eigenvalue weighted by Crippen LogP contribution is -2.18. The lowest BCUT2D eigenvalue weighted by molar-refractivity contribution is 0.0988. The zero-order chi connectivity index (χ0) is 19.6. The van der Waals surface area contributed by atoms with Gasteiger partial charge in [-0.1, -0.05) is 23.1 Å². The summed E-state index contributed by atoms with van der Waals surface area (Å²) in [6.07, 6.45) is 2.41. The van der Waals surface area contributed by atoms with E-state index in [2.05, 4.69) is 20.5 Å². The van der Waals surface area contributed by atoms with Crippen molar-refractivity contribution in [1.29, 1.82) is 0 Å². The molecule has 0 amide bonds. The Bertz CT molecular complexity index is 840. The van der Waals surface area contributed by atoms with E-state index in [0.717, 1.165) is 41.2 Å². The maximum atomic E-state index is 12.8. The van der Waals surface area contributed by atoms with Crippen LogP contribution in [-0.4, -0.2) is 51.3 Å². The van der Waals surface area contributed by atoms with Gasteiger partial charge in [-0.25, -0.2) is 0 Å². The Hall–Kier alpha value is -1.71. The van der Waals surface area contributed by atoms with Crippen molar-refractivity contribution in [3.05, 3.63) is 22.5 Å². The summed E-state index contributed by atoms with van der Waals surface area (Å²) in [7, 11) is 0. The number of aryl methyl sites for hydroxylation is 1. The molecule has 1 aliphatic heterocycles. The molecule has 2 aromatic heterocycles. The fourth-order valence-corrected chi connectivity index (χ4v) is 5.23. The lowest BCUT2D eigenvalue weighted by atomic mass is 10.0. The first-order chi connectivity index (χ1) is 12.9. The van der Waals surface area contributed by atoms with E-state index in [9.17, 15) is 9.59 Å². The third kappa shape index (κ3) is 4.59. The van der Waals surface area contributed by atoms with E-state index in [1.54, 1.807) is 0 Å². The van der Waals surface area contributed by atoms with Crippen LogP contribution in [0.1, 0.15) is 58.8 Å². The molecule has 146 valence electrons. The largest absolute Gasteiger partial charge is 0.376 e. The normalized spacial score (nSPS) is 17.9. The van der Waals surface area contributed by atoms with Gasteiger partial charge < -0.3 is 15.0 Å². The van der Waals surface area contributed by atoms with Gasteiger partial charge >= 0.3 is 0 Å². The number of nitrogens with zero attached hydrogens (tertiary/aromatic N) is 2. The molecular formula is C18H24N4O3S2. The highest BCUT2D eigenvalue weighted by atomic mass is 32.2. The van der Waals surface area contributed by atoms with Gasteiger partial charge in [0.1, 0.15) is 0 Å². The predicted octanol–water partition coefficient (Wildman–Crippen LogP) is 3.64. The van der Waals surface area contributed by atoms with Crippen LogP contribution in [0.3, 0.4) is 0 Å². The van der Waals surface area contributed by atoms with E-state index in [-0.39, 0.29) is 22.9 Å². The molecule has 0 bridgehead atoms. The van der Waals surface area contributed by atoms with Crippen molar-refractivity contribution >= 4 is 39.8 Å². The second-order valence-electron chi connectivity index (χ2n) is 6.69. The van der Waals surface area contributed by atoms with Gasteiger partial charge in [-0.2, -0.15) is 0 Å². The number of aromatic amines is 1. The van der Waals surface area contributed by atoms with E-state index in [0.29, 0.717) is 16.8 Å². The number of H-pyrrole nitrogens is 1. The average Bonchev–Trinajstić information content (AvgIpc) is 3.33. The molecule has 27 heavy (non-hydrogen) atoms. The Labute approximate surface area is 166 Å². The van der Waals surface area contributed by atoms with E-state index in [1.807, 2.05) is 20.8 Å². The van der Waals surface area contributed by atoms with Crippen molar-refractivity contribution in [3.63, 3.8) is 0 Å². The standard InChI is InChI=1S/C18H24N4O3S2/c1-9-14(11(3)23)10(2)20-15(9)16(24)12(4)26-18-22-21-17(27-18)19-8-13-6-5-7-25-13/h12-13,20H,5-8H2,1-4H3,(H,19,21)/t12-,13+/m0/s1. The molecular weight excluding hydrogens is 384 g/mol. The highest BCUT2D eigenvalue weighted by Gasteiger charge is 2.25. The van der Waals surface area contributed by atoms with Gasteiger partial charge in [-0.3, -0.25) is 9.59 Å². The van der Waals surface area contributed by atoms with Crippen LogP contribution in [0, 0.1) is 13.8 Å². The molecule has 0 radical (unpaired) electrons. The Kier molecular flexibility index (Phi) is 6.33. The minimum Gasteiger partial charge on any atom is -0.376 e. The number of carbonyl (C=O) groups excluding carboxylic acids is 2. The van der Waals surface area contributed by atoms with Crippen LogP contribution in [0.5, 0.6) is 0 Å². The van der Waals surface area contributed by atoms with Crippen LogP contribution in [0.15, 0.2) is 4.34 Å².